The lowest BCUT2D eigenvalue weighted by atomic mass is 10.0. The van der Waals surface area contributed by atoms with Crippen LogP contribution in [0.4, 0.5) is 0 Å². The molecule has 1 aromatic rings. The Bertz CT molecular complexity index is 444. The smallest absolute Gasteiger partial charge is 0.335 e. The van der Waals surface area contributed by atoms with Crippen molar-refractivity contribution in [3.63, 3.8) is 0 Å². The summed E-state index contributed by atoms with van der Waals surface area (Å²) >= 11 is 0. The molecule has 124 valence electrons. The second-order valence-electron chi connectivity index (χ2n) is 4.86. The molecule has 4 N–H and O–H groups in total. The Morgan fingerprint density at radius 2 is 1.41 bits per heavy atom. The van der Waals surface area contributed by atoms with Crippen molar-refractivity contribution in [2.45, 2.75) is 31.6 Å². The van der Waals surface area contributed by atoms with Crippen molar-refractivity contribution in [3.8, 4) is 0 Å². The Kier molecular flexibility index (Phi) is 9.00. The van der Waals surface area contributed by atoms with E-state index in [1.165, 1.54) is 5.56 Å². The molecule has 0 aromatic heterocycles. The monoisotopic (exact) mass is 313 g/mol. The van der Waals surface area contributed by atoms with E-state index in [9.17, 15) is 9.59 Å². The van der Waals surface area contributed by atoms with Gasteiger partial charge in [0.15, 0.2) is 12.2 Å². The largest absolute Gasteiger partial charge is 0.479 e. The number of aliphatic hydroxyl groups excluding tert-OH is 2. The van der Waals surface area contributed by atoms with Crippen molar-refractivity contribution >= 4 is 11.9 Å². The first-order chi connectivity index (χ1) is 10.2. The fourth-order valence-electron chi connectivity index (χ4n) is 1.84. The van der Waals surface area contributed by atoms with Crippen LogP contribution in [0.3, 0.4) is 0 Å². The molecule has 0 bridgehead atoms. The van der Waals surface area contributed by atoms with Crippen LogP contribution < -0.4 is 0 Å². The van der Waals surface area contributed by atoms with Gasteiger partial charge in [-0.25, -0.2) is 9.59 Å². The Hall–Kier alpha value is -1.96. The van der Waals surface area contributed by atoms with Crippen LogP contribution in [0.25, 0.3) is 0 Å². The topological polar surface area (TPSA) is 118 Å². The summed E-state index contributed by atoms with van der Waals surface area (Å²) in [6.45, 7) is 2.22. The highest BCUT2D eigenvalue weighted by molar-refractivity contribution is 5.83. The second kappa shape index (κ2) is 9.88. The highest BCUT2D eigenvalue weighted by Crippen LogP contribution is 2.20. The van der Waals surface area contributed by atoms with E-state index in [1.54, 1.807) is 0 Å². The van der Waals surface area contributed by atoms with Crippen LogP contribution in [0.5, 0.6) is 0 Å². The van der Waals surface area contributed by atoms with Crippen molar-refractivity contribution in [1.29, 1.82) is 0 Å². The summed E-state index contributed by atoms with van der Waals surface area (Å²) in [6, 6.07) is 11.2. The van der Waals surface area contributed by atoms with Crippen LogP contribution in [0.2, 0.25) is 0 Å². The maximum atomic E-state index is 9.77. The Labute approximate surface area is 129 Å². The van der Waals surface area contributed by atoms with E-state index in [0.29, 0.717) is 6.04 Å². The maximum absolute atomic E-state index is 9.77. The minimum absolute atomic E-state index is 0.561. The summed E-state index contributed by atoms with van der Waals surface area (Å²) in [7, 11) is 4.25. The molecule has 0 saturated heterocycles. The predicted octanol–water partition coefficient (Wildman–Crippen LogP) is 0.577. The van der Waals surface area contributed by atoms with Gasteiger partial charge in [-0.1, -0.05) is 37.3 Å². The zero-order chi connectivity index (χ0) is 17.3. The molecule has 0 radical (unpaired) electrons. The van der Waals surface area contributed by atoms with E-state index in [1.807, 2.05) is 0 Å². The third-order valence-electron chi connectivity index (χ3n) is 3.00. The number of nitrogens with zero attached hydrogens (tertiary/aromatic N) is 1. The zero-order valence-corrected chi connectivity index (χ0v) is 12.9. The highest BCUT2D eigenvalue weighted by atomic mass is 16.4. The van der Waals surface area contributed by atoms with Gasteiger partial charge >= 0.3 is 11.9 Å². The van der Waals surface area contributed by atoms with Crippen LogP contribution in [-0.2, 0) is 9.59 Å². The quantitative estimate of drug-likeness (QED) is 0.606. The summed E-state index contributed by atoms with van der Waals surface area (Å²) in [5.41, 5.74) is 1.41. The molecule has 0 saturated carbocycles. The first-order valence-corrected chi connectivity index (χ1v) is 6.75. The molecule has 7 heteroatoms. The van der Waals surface area contributed by atoms with Crippen LogP contribution in [-0.4, -0.2) is 63.6 Å². The van der Waals surface area contributed by atoms with Crippen molar-refractivity contribution in [2.75, 3.05) is 14.1 Å². The minimum Gasteiger partial charge on any atom is -0.479 e. The van der Waals surface area contributed by atoms with E-state index < -0.39 is 24.1 Å². The van der Waals surface area contributed by atoms with E-state index in [0.717, 1.165) is 6.42 Å². The molecule has 0 aliphatic rings. The molecule has 1 aromatic carbocycles. The lowest BCUT2D eigenvalue weighted by Crippen LogP contribution is -2.39. The summed E-state index contributed by atoms with van der Waals surface area (Å²) < 4.78 is 0. The lowest BCUT2D eigenvalue weighted by molar-refractivity contribution is -0.165. The normalized spacial score (nSPS) is 14.5. The average molecular weight is 313 g/mol. The molecule has 0 fully saturated rings. The zero-order valence-electron chi connectivity index (χ0n) is 12.9. The standard InChI is InChI=1S/C11H17N.C4H6O6/c1-4-11(12(2)3)10-8-6-5-7-9-10;5-1(3(7)8)2(6)4(9)10/h5-9,11H,4H2,1-3H3;1-2,5-6H,(H,7,8)(H,9,10). The Morgan fingerprint density at radius 3 is 1.68 bits per heavy atom. The molecule has 0 spiro atoms. The summed E-state index contributed by atoms with van der Waals surface area (Å²) in [5.74, 6) is -3.54. The van der Waals surface area contributed by atoms with Crippen molar-refractivity contribution in [2.24, 2.45) is 0 Å². The minimum atomic E-state index is -2.27. The number of hydrogen-bond donors (Lipinski definition) is 4. The van der Waals surface area contributed by atoms with Gasteiger partial charge in [0, 0.05) is 6.04 Å². The fraction of sp³-hybridized carbons (Fsp3) is 0.467. The van der Waals surface area contributed by atoms with Crippen LogP contribution in [0.1, 0.15) is 24.9 Å². The number of aliphatic carboxylic acids is 2. The van der Waals surface area contributed by atoms with Gasteiger partial charge < -0.3 is 25.3 Å². The summed E-state index contributed by atoms with van der Waals surface area (Å²) in [4.78, 5) is 21.8. The number of rotatable bonds is 6. The molecule has 0 aliphatic carbocycles. The number of carbonyl (C=O) groups is 2. The molecule has 0 aliphatic heterocycles. The molecular weight excluding hydrogens is 290 g/mol. The third kappa shape index (κ3) is 6.66. The second-order valence-corrected chi connectivity index (χ2v) is 4.86. The summed E-state index contributed by atoms with van der Waals surface area (Å²) in [5, 5.41) is 32.5. The lowest BCUT2D eigenvalue weighted by Gasteiger charge is -2.22. The maximum Gasteiger partial charge on any atom is 0.335 e. The van der Waals surface area contributed by atoms with E-state index >= 15 is 0 Å². The SMILES string of the molecule is CCC(c1ccccc1)N(C)C.O=C(O)C(O)C(O)C(=O)O. The molecule has 0 amide bonds. The predicted molar refractivity (Wildman–Crippen MR) is 80.4 cm³/mol. The van der Waals surface area contributed by atoms with E-state index in [2.05, 4.69) is 56.3 Å². The van der Waals surface area contributed by atoms with Crippen LogP contribution in [0.15, 0.2) is 30.3 Å². The Balaban J connectivity index is 0.000000409. The molecule has 1 rings (SSSR count). The third-order valence-corrected chi connectivity index (χ3v) is 3.00. The van der Waals surface area contributed by atoms with E-state index in [-0.39, 0.29) is 0 Å². The van der Waals surface area contributed by atoms with Gasteiger partial charge in [0.2, 0.25) is 0 Å². The average Bonchev–Trinajstić information content (AvgIpc) is 2.47. The fourth-order valence-corrected chi connectivity index (χ4v) is 1.84. The molecule has 22 heavy (non-hydrogen) atoms. The molecular formula is C15H23NO6. The van der Waals surface area contributed by atoms with Crippen molar-refractivity contribution < 1.29 is 30.0 Å². The van der Waals surface area contributed by atoms with Gasteiger partial charge in [0.25, 0.3) is 0 Å². The Morgan fingerprint density at radius 1 is 1.00 bits per heavy atom. The van der Waals surface area contributed by atoms with Gasteiger partial charge in [0.1, 0.15) is 0 Å². The van der Waals surface area contributed by atoms with Gasteiger partial charge in [-0.2, -0.15) is 0 Å². The van der Waals surface area contributed by atoms with E-state index in [4.69, 9.17) is 20.4 Å². The van der Waals surface area contributed by atoms with Gasteiger partial charge in [-0.05, 0) is 26.1 Å². The van der Waals surface area contributed by atoms with Crippen LogP contribution >= 0.6 is 0 Å². The number of carboxylic acid groups (broad SMARTS) is 2. The van der Waals surface area contributed by atoms with Crippen LogP contribution in [0, 0.1) is 0 Å². The number of hydrogen-bond acceptors (Lipinski definition) is 5. The van der Waals surface area contributed by atoms with Crippen molar-refractivity contribution in [1.82, 2.24) is 4.90 Å². The molecule has 7 nitrogen and oxygen atoms in total. The molecule has 3 atom stereocenters. The molecule has 0 heterocycles. The number of benzene rings is 1. The number of carboxylic acids is 2. The molecule has 3 unspecified atom stereocenters. The first kappa shape index (κ1) is 20.0. The van der Waals surface area contributed by atoms with Gasteiger partial charge in [-0.3, -0.25) is 0 Å². The van der Waals surface area contributed by atoms with Gasteiger partial charge in [-0.15, -0.1) is 0 Å². The summed E-state index contributed by atoms with van der Waals surface area (Å²) in [6.07, 6.45) is -3.37. The van der Waals surface area contributed by atoms with Gasteiger partial charge in [0.05, 0.1) is 0 Å². The van der Waals surface area contributed by atoms with Crippen molar-refractivity contribution in [3.05, 3.63) is 35.9 Å². The number of aliphatic hydroxyl groups is 2. The first-order valence-electron chi connectivity index (χ1n) is 6.75. The highest BCUT2D eigenvalue weighted by Gasteiger charge is 2.29.